The van der Waals surface area contributed by atoms with Gasteiger partial charge in [0.15, 0.2) is 0 Å². The summed E-state index contributed by atoms with van der Waals surface area (Å²) in [6.07, 6.45) is 5.95. The minimum Gasteiger partial charge on any atom is -0.474 e. The molecule has 6 rings (SSSR count). The Labute approximate surface area is 223 Å². The maximum atomic E-state index is 13.4. The Morgan fingerprint density at radius 1 is 1.15 bits per heavy atom. The van der Waals surface area contributed by atoms with Gasteiger partial charge >= 0.3 is 6.18 Å². The highest BCUT2D eigenvalue weighted by molar-refractivity contribution is 5.90. The summed E-state index contributed by atoms with van der Waals surface area (Å²) in [5.74, 6) is 0.0468. The van der Waals surface area contributed by atoms with E-state index in [1.54, 1.807) is 12.4 Å². The van der Waals surface area contributed by atoms with Gasteiger partial charge in [-0.2, -0.15) is 18.3 Å². The van der Waals surface area contributed by atoms with Crippen molar-refractivity contribution in [2.75, 3.05) is 19.6 Å². The Morgan fingerprint density at radius 2 is 1.97 bits per heavy atom. The van der Waals surface area contributed by atoms with E-state index in [2.05, 4.69) is 35.3 Å². The second-order valence-electron chi connectivity index (χ2n) is 10.1. The molecular formula is C27H30F3N8O. The highest BCUT2D eigenvalue weighted by Gasteiger charge is 2.38. The first-order chi connectivity index (χ1) is 18.9. The summed E-state index contributed by atoms with van der Waals surface area (Å²) in [6.45, 7) is 4.59. The van der Waals surface area contributed by atoms with E-state index in [1.807, 2.05) is 36.3 Å². The van der Waals surface area contributed by atoms with Gasteiger partial charge in [0, 0.05) is 55.1 Å². The van der Waals surface area contributed by atoms with Crippen molar-refractivity contribution in [3.8, 4) is 17.1 Å². The fourth-order valence-corrected chi connectivity index (χ4v) is 5.32. The van der Waals surface area contributed by atoms with E-state index in [0.29, 0.717) is 24.7 Å². The first-order valence-corrected chi connectivity index (χ1v) is 13.2. The van der Waals surface area contributed by atoms with Gasteiger partial charge in [0.2, 0.25) is 5.88 Å². The van der Waals surface area contributed by atoms with E-state index in [0.717, 1.165) is 67.1 Å². The van der Waals surface area contributed by atoms with Gasteiger partial charge in [-0.3, -0.25) is 9.58 Å². The van der Waals surface area contributed by atoms with Crippen molar-refractivity contribution < 1.29 is 17.9 Å². The summed E-state index contributed by atoms with van der Waals surface area (Å²) >= 11 is 0. The fraction of sp³-hybridized carbons (Fsp3) is 0.444. The predicted molar refractivity (Wildman–Crippen MR) is 139 cm³/mol. The number of aromatic nitrogens is 6. The van der Waals surface area contributed by atoms with E-state index in [9.17, 15) is 13.2 Å². The summed E-state index contributed by atoms with van der Waals surface area (Å²) in [5.41, 5.74) is 2.21. The number of halogens is 3. The third-order valence-corrected chi connectivity index (χ3v) is 7.49. The first-order valence-electron chi connectivity index (χ1n) is 13.2. The van der Waals surface area contributed by atoms with Crippen LogP contribution in [0.25, 0.3) is 22.3 Å². The third-order valence-electron chi connectivity index (χ3n) is 7.49. The van der Waals surface area contributed by atoms with Crippen molar-refractivity contribution in [1.82, 2.24) is 39.9 Å². The molecule has 205 valence electrons. The van der Waals surface area contributed by atoms with E-state index >= 15 is 0 Å². The molecule has 1 aliphatic carbocycles. The predicted octanol–water partition coefficient (Wildman–Crippen LogP) is 4.43. The number of H-pyrrole nitrogens is 1. The number of aromatic amines is 1. The highest BCUT2D eigenvalue weighted by atomic mass is 19.4. The van der Waals surface area contributed by atoms with Crippen LogP contribution in [0.1, 0.15) is 43.9 Å². The molecular weight excluding hydrogens is 509 g/mol. The van der Waals surface area contributed by atoms with Crippen molar-refractivity contribution >= 4 is 11.0 Å². The van der Waals surface area contributed by atoms with Crippen molar-refractivity contribution in [3.63, 3.8) is 0 Å². The highest BCUT2D eigenvalue weighted by Crippen LogP contribution is 2.37. The van der Waals surface area contributed by atoms with Crippen LogP contribution in [0.2, 0.25) is 0 Å². The molecule has 0 aromatic carbocycles. The van der Waals surface area contributed by atoms with Crippen LogP contribution in [0, 0.1) is 6.04 Å². The van der Waals surface area contributed by atoms with Gasteiger partial charge in [0.25, 0.3) is 0 Å². The number of hydrogen-bond donors (Lipinski definition) is 2. The van der Waals surface area contributed by atoms with Crippen LogP contribution in [0.15, 0.2) is 43.1 Å². The average Bonchev–Trinajstić information content (AvgIpc) is 3.57. The average molecular weight is 540 g/mol. The number of ether oxygens (including phenoxy) is 1. The van der Waals surface area contributed by atoms with Crippen LogP contribution in [0.3, 0.4) is 0 Å². The minimum absolute atomic E-state index is 0.0468. The molecule has 5 heterocycles. The van der Waals surface area contributed by atoms with Gasteiger partial charge in [-0.15, -0.1) is 0 Å². The van der Waals surface area contributed by atoms with Crippen LogP contribution in [-0.2, 0) is 12.7 Å². The van der Waals surface area contributed by atoms with Crippen LogP contribution < -0.4 is 10.1 Å². The number of piperidine rings is 1. The Bertz CT molecular complexity index is 1420. The van der Waals surface area contributed by atoms with E-state index < -0.39 is 11.9 Å². The zero-order valence-electron chi connectivity index (χ0n) is 21.6. The third kappa shape index (κ3) is 5.48. The lowest BCUT2D eigenvalue weighted by molar-refractivity contribution is -0.141. The van der Waals surface area contributed by atoms with Gasteiger partial charge in [0.05, 0.1) is 17.9 Å². The molecule has 12 heteroatoms. The summed E-state index contributed by atoms with van der Waals surface area (Å²) in [5, 5.41) is 8.60. The van der Waals surface area contributed by atoms with Crippen molar-refractivity contribution in [1.29, 1.82) is 0 Å². The molecule has 1 saturated carbocycles. The quantitative estimate of drug-likeness (QED) is 0.342. The summed E-state index contributed by atoms with van der Waals surface area (Å²) < 4.78 is 48.0. The molecule has 2 fully saturated rings. The monoisotopic (exact) mass is 539 g/mol. The van der Waals surface area contributed by atoms with Gasteiger partial charge in [-0.25, -0.2) is 15.0 Å². The molecule has 2 aliphatic rings. The zero-order chi connectivity index (χ0) is 27.0. The van der Waals surface area contributed by atoms with Crippen LogP contribution in [-0.4, -0.2) is 66.4 Å². The molecule has 9 nitrogen and oxygen atoms in total. The smallest absolute Gasteiger partial charge is 0.433 e. The Balaban J connectivity index is 1.02. The number of alkyl halides is 3. The largest absolute Gasteiger partial charge is 0.474 e. The lowest BCUT2D eigenvalue weighted by atomic mass is 9.84. The molecule has 0 atom stereocenters. The number of hydrogen-bond acceptors (Lipinski definition) is 7. The SMILES string of the molecule is CCNCc1cc(OC2CCN(C3C[C](n4cc(-c5ncnc6[nH]ccc56)cn4)C3)CC2)nc(C(F)(F)F)c1. The second kappa shape index (κ2) is 10.6. The number of nitrogens with zero attached hydrogens (tertiary/aromatic N) is 6. The molecule has 2 N–H and O–H groups in total. The maximum absolute atomic E-state index is 13.4. The van der Waals surface area contributed by atoms with Gasteiger partial charge in [-0.1, -0.05) is 6.92 Å². The van der Waals surface area contributed by atoms with Gasteiger partial charge < -0.3 is 15.0 Å². The molecule has 1 saturated heterocycles. The van der Waals surface area contributed by atoms with Gasteiger partial charge in [0.1, 0.15) is 23.8 Å². The summed E-state index contributed by atoms with van der Waals surface area (Å²) in [7, 11) is 0. The first kappa shape index (κ1) is 25.8. The topological polar surface area (TPSA) is 96.8 Å². The van der Waals surface area contributed by atoms with Crippen LogP contribution >= 0.6 is 0 Å². The molecule has 39 heavy (non-hydrogen) atoms. The minimum atomic E-state index is -4.51. The zero-order valence-corrected chi connectivity index (χ0v) is 21.6. The van der Waals surface area contributed by atoms with Crippen molar-refractivity contribution in [2.45, 2.75) is 57.5 Å². The lowest BCUT2D eigenvalue weighted by Gasteiger charge is -2.45. The maximum Gasteiger partial charge on any atom is 0.433 e. The molecule has 4 aromatic heterocycles. The Morgan fingerprint density at radius 3 is 2.74 bits per heavy atom. The molecule has 1 radical (unpaired) electrons. The molecule has 4 aromatic rings. The number of rotatable bonds is 8. The Hall–Kier alpha value is -3.51. The lowest BCUT2D eigenvalue weighted by Crippen LogP contribution is -2.50. The van der Waals surface area contributed by atoms with Crippen LogP contribution in [0.4, 0.5) is 13.2 Å². The molecule has 0 bridgehead atoms. The standard InChI is InChI=1S/C27H30F3N8O/c1-2-31-13-17-9-23(27(28,29)30)36-24(10-17)39-21-4-7-37(8-5-21)19-11-20(12-19)38-15-18(14-35-38)25-22-3-6-32-26(22)34-16-33-25/h3,6,9-10,14-16,19,21,31H,2,4-5,7-8,11-13H2,1H3,(H,32,33,34). The number of fused-ring (bicyclic) bond motifs is 1. The van der Waals surface area contributed by atoms with E-state index in [1.165, 1.54) is 6.04 Å². The molecule has 1 aliphatic heterocycles. The summed E-state index contributed by atoms with van der Waals surface area (Å²) in [6, 6.07) is 6.35. The molecule has 0 amide bonds. The van der Waals surface area contributed by atoms with Crippen LogP contribution in [0.5, 0.6) is 5.88 Å². The normalized spacial score (nSPS) is 18.1. The van der Waals surface area contributed by atoms with Crippen molar-refractivity contribution in [3.05, 3.63) is 60.4 Å². The molecule has 0 spiro atoms. The van der Waals surface area contributed by atoms with Crippen molar-refractivity contribution in [2.24, 2.45) is 0 Å². The molecule has 0 unspecified atom stereocenters. The van der Waals surface area contributed by atoms with E-state index in [4.69, 9.17) is 4.74 Å². The Kier molecular flexibility index (Phi) is 6.98. The fourth-order valence-electron chi connectivity index (χ4n) is 5.32. The second-order valence-corrected chi connectivity index (χ2v) is 10.1. The summed E-state index contributed by atoms with van der Waals surface area (Å²) in [4.78, 5) is 18.0. The number of pyridine rings is 1. The number of likely N-dealkylation sites (tertiary alicyclic amines) is 1. The number of nitrogens with one attached hydrogen (secondary N) is 2. The van der Waals surface area contributed by atoms with E-state index in [-0.39, 0.29) is 12.0 Å². The van der Waals surface area contributed by atoms with Gasteiger partial charge in [-0.05, 0) is 49.9 Å².